The molecule has 0 aliphatic heterocycles. The van der Waals surface area contributed by atoms with Gasteiger partial charge in [0.2, 0.25) is 0 Å². The molecule has 0 unspecified atom stereocenters. The predicted molar refractivity (Wildman–Crippen MR) is 193 cm³/mol. The lowest BCUT2D eigenvalue weighted by molar-refractivity contribution is 0.482. The number of benzene rings is 2. The lowest BCUT2D eigenvalue weighted by Crippen LogP contribution is -2.12. The zero-order chi connectivity index (χ0) is 31.9. The Morgan fingerprint density at radius 3 is 1.14 bits per heavy atom. The van der Waals surface area contributed by atoms with E-state index in [1.807, 2.05) is 18.2 Å². The van der Waals surface area contributed by atoms with E-state index in [1.165, 1.54) is 140 Å². The minimum Gasteiger partial charge on any atom is -0.282 e. The van der Waals surface area contributed by atoms with E-state index >= 15 is 0 Å². The zero-order valence-corrected chi connectivity index (χ0v) is 29.9. The van der Waals surface area contributed by atoms with Crippen molar-refractivity contribution in [2.24, 2.45) is 0 Å². The second-order valence-corrected chi connectivity index (χ2v) is 14.8. The van der Waals surface area contributed by atoms with Crippen LogP contribution in [-0.4, -0.2) is 13.0 Å². The van der Waals surface area contributed by atoms with Crippen LogP contribution in [0.5, 0.6) is 0 Å². The molecular formula is C40H68O3S. The third-order valence-corrected chi connectivity index (χ3v) is 10.6. The van der Waals surface area contributed by atoms with Gasteiger partial charge in [0.15, 0.2) is 0 Å². The van der Waals surface area contributed by atoms with E-state index < -0.39 is 10.1 Å². The highest BCUT2D eigenvalue weighted by Gasteiger charge is 2.25. The first-order chi connectivity index (χ1) is 21.5. The average Bonchev–Trinajstić information content (AvgIpc) is 3.00. The molecule has 0 aromatic heterocycles. The lowest BCUT2D eigenvalue weighted by atomic mass is 9.86. The summed E-state index contributed by atoms with van der Waals surface area (Å²) in [5, 5.41) is 1.76. The largest absolute Gasteiger partial charge is 0.295 e. The van der Waals surface area contributed by atoms with Crippen molar-refractivity contribution < 1.29 is 13.0 Å². The summed E-state index contributed by atoms with van der Waals surface area (Å²) in [6, 6.07) is 7.98. The minimum absolute atomic E-state index is 0.199. The number of rotatable bonds is 28. The van der Waals surface area contributed by atoms with Crippen LogP contribution in [0.4, 0.5) is 0 Å². The monoisotopic (exact) mass is 628 g/mol. The van der Waals surface area contributed by atoms with Gasteiger partial charge in [0, 0.05) is 5.39 Å². The van der Waals surface area contributed by atoms with Crippen molar-refractivity contribution in [2.45, 2.75) is 199 Å². The Labute approximate surface area is 273 Å². The molecule has 0 bridgehead atoms. The topological polar surface area (TPSA) is 54.4 Å². The van der Waals surface area contributed by atoms with Crippen LogP contribution in [0.25, 0.3) is 10.8 Å². The van der Waals surface area contributed by atoms with Gasteiger partial charge in [0.1, 0.15) is 4.90 Å². The Bertz CT molecular complexity index is 1120. The summed E-state index contributed by atoms with van der Waals surface area (Å²) in [5.74, 6) is 0. The highest BCUT2D eigenvalue weighted by Crippen LogP contribution is 2.37. The van der Waals surface area contributed by atoms with Crippen molar-refractivity contribution >= 4 is 20.9 Å². The van der Waals surface area contributed by atoms with Crippen LogP contribution in [0.2, 0.25) is 0 Å². The maximum atomic E-state index is 13.0. The first-order valence-electron chi connectivity index (χ1n) is 19.0. The maximum absolute atomic E-state index is 13.0. The fourth-order valence-electron chi connectivity index (χ4n) is 7.04. The quantitative estimate of drug-likeness (QED) is 0.0753. The first kappa shape index (κ1) is 38.8. The zero-order valence-electron chi connectivity index (χ0n) is 29.1. The summed E-state index contributed by atoms with van der Waals surface area (Å²) in [5.41, 5.74) is 3.53. The molecule has 252 valence electrons. The number of fused-ring (bicyclic) bond motifs is 1. The van der Waals surface area contributed by atoms with Crippen LogP contribution in [-0.2, 0) is 29.4 Å². The lowest BCUT2D eigenvalue weighted by Gasteiger charge is -2.22. The summed E-state index contributed by atoms with van der Waals surface area (Å²) in [6.07, 6.45) is 32.8. The van der Waals surface area contributed by atoms with E-state index in [4.69, 9.17) is 0 Å². The summed E-state index contributed by atoms with van der Waals surface area (Å²) in [4.78, 5) is 0.199. The average molecular weight is 629 g/mol. The van der Waals surface area contributed by atoms with E-state index in [-0.39, 0.29) is 4.90 Å². The molecule has 0 radical (unpaired) electrons. The fraction of sp³-hybridized carbons (Fsp3) is 0.750. The Morgan fingerprint density at radius 1 is 0.432 bits per heavy atom. The molecule has 2 aromatic carbocycles. The third kappa shape index (κ3) is 14.8. The summed E-state index contributed by atoms with van der Waals surface area (Å²) >= 11 is 0. The molecule has 2 aromatic rings. The van der Waals surface area contributed by atoms with Crippen molar-refractivity contribution in [1.82, 2.24) is 0 Å². The highest BCUT2D eigenvalue weighted by molar-refractivity contribution is 7.86. The van der Waals surface area contributed by atoms with Gasteiger partial charge in [-0.1, -0.05) is 180 Å². The van der Waals surface area contributed by atoms with Crippen LogP contribution in [0.15, 0.2) is 29.2 Å². The minimum atomic E-state index is -4.35. The Balaban J connectivity index is 2.28. The number of aryl methyl sites for hydroxylation is 1. The molecule has 44 heavy (non-hydrogen) atoms. The molecule has 3 nitrogen and oxygen atoms in total. The van der Waals surface area contributed by atoms with Crippen molar-refractivity contribution in [2.75, 3.05) is 0 Å². The molecule has 0 aliphatic rings. The van der Waals surface area contributed by atoms with Gasteiger partial charge in [0.25, 0.3) is 10.1 Å². The molecule has 0 heterocycles. The van der Waals surface area contributed by atoms with Gasteiger partial charge in [-0.3, -0.25) is 4.55 Å². The standard InChI is InChI=1S/C40H68O3S/c1-4-7-10-13-16-19-22-25-30-35-36(31-26-23-20-17-14-11-8-5-2)38(33-27-24-21-18-15-12-9-6-3)40(44(41,42)43)39-34-29-28-32-37(35)39/h28-29,32,34H,4-27,30-31,33H2,1-3H3,(H,41,42,43). The molecule has 0 saturated carbocycles. The molecule has 1 N–H and O–H groups in total. The molecule has 0 atom stereocenters. The van der Waals surface area contributed by atoms with Crippen LogP contribution in [0.1, 0.15) is 192 Å². The number of hydrogen-bond acceptors (Lipinski definition) is 2. The molecular weight excluding hydrogens is 561 g/mol. The SMILES string of the molecule is CCCCCCCCCCc1c(CCCCCCCCCC)c(S(=O)(=O)O)c2ccccc2c1CCCCCCCCCC. The number of unbranched alkanes of at least 4 members (excludes halogenated alkanes) is 21. The van der Waals surface area contributed by atoms with Crippen LogP contribution >= 0.6 is 0 Å². The summed E-state index contributed by atoms with van der Waals surface area (Å²) < 4.78 is 36.7. The van der Waals surface area contributed by atoms with Gasteiger partial charge in [-0.2, -0.15) is 8.42 Å². The van der Waals surface area contributed by atoms with Crippen LogP contribution in [0, 0.1) is 0 Å². The van der Waals surface area contributed by atoms with Crippen LogP contribution < -0.4 is 0 Å². The van der Waals surface area contributed by atoms with Crippen molar-refractivity contribution in [3.63, 3.8) is 0 Å². The summed E-state index contributed by atoms with van der Waals surface area (Å²) in [7, 11) is -4.35. The van der Waals surface area contributed by atoms with Gasteiger partial charge in [0.05, 0.1) is 0 Å². The van der Waals surface area contributed by atoms with E-state index in [0.29, 0.717) is 0 Å². The molecule has 0 aliphatic carbocycles. The van der Waals surface area contributed by atoms with Crippen molar-refractivity contribution in [3.8, 4) is 0 Å². The van der Waals surface area contributed by atoms with E-state index in [1.54, 1.807) is 0 Å². The molecule has 0 spiro atoms. The molecule has 0 amide bonds. The third-order valence-electron chi connectivity index (χ3n) is 9.60. The highest BCUT2D eigenvalue weighted by atomic mass is 32.2. The molecule has 2 rings (SSSR count). The van der Waals surface area contributed by atoms with Gasteiger partial charge in [-0.05, 0) is 60.6 Å². The first-order valence-corrected chi connectivity index (χ1v) is 20.4. The molecule has 0 saturated heterocycles. The van der Waals surface area contributed by atoms with Gasteiger partial charge < -0.3 is 0 Å². The Kier molecular flexibility index (Phi) is 21.1. The molecule has 4 heteroatoms. The maximum Gasteiger partial charge on any atom is 0.295 e. The number of hydrogen-bond donors (Lipinski definition) is 1. The van der Waals surface area contributed by atoms with Crippen LogP contribution in [0.3, 0.4) is 0 Å². The second kappa shape index (κ2) is 23.9. The van der Waals surface area contributed by atoms with Crippen molar-refractivity contribution in [1.29, 1.82) is 0 Å². The fourth-order valence-corrected chi connectivity index (χ4v) is 8.03. The predicted octanol–water partition coefficient (Wildman–Crippen LogP) is 13.1. The Morgan fingerprint density at radius 2 is 0.750 bits per heavy atom. The van der Waals surface area contributed by atoms with E-state index in [0.717, 1.165) is 61.3 Å². The normalized spacial score (nSPS) is 12.0. The molecule has 0 fully saturated rings. The summed E-state index contributed by atoms with van der Waals surface area (Å²) in [6.45, 7) is 6.79. The smallest absolute Gasteiger partial charge is 0.282 e. The second-order valence-electron chi connectivity index (χ2n) is 13.5. The van der Waals surface area contributed by atoms with Gasteiger partial charge in [-0.15, -0.1) is 0 Å². The van der Waals surface area contributed by atoms with E-state index in [9.17, 15) is 13.0 Å². The van der Waals surface area contributed by atoms with E-state index in [2.05, 4.69) is 26.8 Å². The van der Waals surface area contributed by atoms with Crippen molar-refractivity contribution in [3.05, 3.63) is 41.0 Å². The van der Waals surface area contributed by atoms with Gasteiger partial charge in [-0.25, -0.2) is 0 Å². The Hall–Kier alpha value is -1.39. The van der Waals surface area contributed by atoms with Gasteiger partial charge >= 0.3 is 0 Å².